The van der Waals surface area contributed by atoms with Gasteiger partial charge in [-0.3, -0.25) is 9.69 Å². The lowest BCUT2D eigenvalue weighted by Crippen LogP contribution is -2.55. The number of carbonyl (C=O) groups is 1. The fraction of sp³-hybridized carbons (Fsp3) is 0.452. The fourth-order valence-corrected chi connectivity index (χ4v) is 5.45. The normalized spacial score (nSPS) is 21.2. The third-order valence-electron chi connectivity index (χ3n) is 8.11. The Morgan fingerprint density at radius 1 is 1.05 bits per heavy atom. The number of likely N-dealkylation sites (N-methyl/N-ethyl adjacent to an activating group) is 1. The fourth-order valence-electron chi connectivity index (χ4n) is 5.45. The van der Waals surface area contributed by atoms with Gasteiger partial charge in [0.05, 0.1) is 36.2 Å². The SMILES string of the molecule is COc1cc(C(F)(F)F)c(C(=O)Nc2cc(-c3ccc(OC4CCCCO4)nc3)c(F)cc2N2C[C@@H](C)N(C)[C@@H](C)C2)cn1. The van der Waals surface area contributed by atoms with Crippen LogP contribution in [-0.4, -0.2) is 73.0 Å². The summed E-state index contributed by atoms with van der Waals surface area (Å²) in [6, 6.07) is 6.80. The van der Waals surface area contributed by atoms with Crippen molar-refractivity contribution in [2.45, 2.75) is 57.7 Å². The quantitative estimate of drug-likeness (QED) is 0.323. The number of amides is 1. The summed E-state index contributed by atoms with van der Waals surface area (Å²) in [4.78, 5) is 25.6. The van der Waals surface area contributed by atoms with Crippen LogP contribution < -0.4 is 19.7 Å². The lowest BCUT2D eigenvalue weighted by atomic mass is 10.0. The summed E-state index contributed by atoms with van der Waals surface area (Å²) in [5.41, 5.74) is -0.892. The number of benzene rings is 1. The average Bonchev–Trinajstić information content (AvgIpc) is 3.00. The molecule has 44 heavy (non-hydrogen) atoms. The van der Waals surface area contributed by atoms with E-state index in [9.17, 15) is 18.0 Å². The number of rotatable bonds is 7. The Morgan fingerprint density at radius 2 is 1.77 bits per heavy atom. The number of piperazine rings is 1. The number of ether oxygens (including phenoxy) is 3. The lowest BCUT2D eigenvalue weighted by Gasteiger charge is -2.44. The van der Waals surface area contributed by atoms with E-state index >= 15 is 4.39 Å². The third-order valence-corrected chi connectivity index (χ3v) is 8.11. The highest BCUT2D eigenvalue weighted by atomic mass is 19.4. The van der Waals surface area contributed by atoms with Gasteiger partial charge in [0.15, 0.2) is 0 Å². The first-order chi connectivity index (χ1) is 20.9. The van der Waals surface area contributed by atoms with Crippen LogP contribution in [-0.2, 0) is 10.9 Å². The molecule has 2 fully saturated rings. The molecule has 5 rings (SSSR count). The molecule has 2 aliphatic rings. The number of nitrogens with zero attached hydrogens (tertiary/aromatic N) is 4. The van der Waals surface area contributed by atoms with Gasteiger partial charge < -0.3 is 24.4 Å². The van der Waals surface area contributed by atoms with Crippen LogP contribution >= 0.6 is 0 Å². The maximum absolute atomic E-state index is 15.8. The van der Waals surface area contributed by atoms with Crippen LogP contribution in [0.4, 0.5) is 28.9 Å². The third kappa shape index (κ3) is 6.88. The second-order valence-corrected chi connectivity index (χ2v) is 11.1. The smallest absolute Gasteiger partial charge is 0.417 e. The minimum absolute atomic E-state index is 0.0950. The molecule has 3 aromatic rings. The minimum atomic E-state index is -4.85. The highest BCUT2D eigenvalue weighted by Crippen LogP contribution is 2.38. The molecule has 0 radical (unpaired) electrons. The van der Waals surface area contributed by atoms with Crippen LogP contribution in [0.15, 0.2) is 42.7 Å². The Morgan fingerprint density at radius 3 is 2.39 bits per heavy atom. The Bertz CT molecular complexity index is 1470. The monoisotopic (exact) mass is 617 g/mol. The molecule has 0 saturated carbocycles. The van der Waals surface area contributed by atoms with Gasteiger partial charge in [-0.15, -0.1) is 0 Å². The maximum Gasteiger partial charge on any atom is 0.417 e. The van der Waals surface area contributed by atoms with Crippen molar-refractivity contribution in [2.75, 3.05) is 44.1 Å². The summed E-state index contributed by atoms with van der Waals surface area (Å²) in [5.74, 6) is -1.59. The van der Waals surface area contributed by atoms with E-state index in [0.717, 1.165) is 25.5 Å². The van der Waals surface area contributed by atoms with Crippen molar-refractivity contribution in [3.05, 3.63) is 59.7 Å². The van der Waals surface area contributed by atoms with Crippen LogP contribution in [0.1, 0.15) is 49.0 Å². The zero-order chi connectivity index (χ0) is 31.6. The standard InChI is InChI=1S/C31H35F4N5O4/c1-18-16-40(17-19(2)39(18)3)26-13-24(32)21(20-8-9-27(36-14-20)44-29-7-5-6-10-43-29)11-25(26)38-30(41)22-15-37-28(42-4)12-23(22)31(33,34)35/h8-9,11-15,18-19,29H,5-7,10,16-17H2,1-4H3,(H,38,41)/t18-,19+,29?. The summed E-state index contributed by atoms with van der Waals surface area (Å²) in [5, 5.41) is 2.61. The highest BCUT2D eigenvalue weighted by Gasteiger charge is 2.37. The van der Waals surface area contributed by atoms with Gasteiger partial charge in [-0.05, 0) is 51.9 Å². The molecule has 1 aromatic carbocycles. The van der Waals surface area contributed by atoms with Gasteiger partial charge in [-0.2, -0.15) is 13.2 Å². The molecule has 0 bridgehead atoms. The first-order valence-corrected chi connectivity index (χ1v) is 14.4. The molecule has 1 unspecified atom stereocenters. The number of nitrogens with one attached hydrogen (secondary N) is 1. The second kappa shape index (κ2) is 12.9. The molecule has 13 heteroatoms. The molecule has 3 atom stereocenters. The highest BCUT2D eigenvalue weighted by molar-refractivity contribution is 6.07. The number of methoxy groups -OCH3 is 1. The summed E-state index contributed by atoms with van der Waals surface area (Å²) >= 11 is 0. The van der Waals surface area contributed by atoms with Crippen molar-refractivity contribution in [1.82, 2.24) is 14.9 Å². The largest absolute Gasteiger partial charge is 0.481 e. The number of hydrogen-bond acceptors (Lipinski definition) is 8. The molecule has 0 spiro atoms. The average molecular weight is 618 g/mol. The zero-order valence-corrected chi connectivity index (χ0v) is 24.9. The molecule has 1 amide bonds. The van der Waals surface area contributed by atoms with Crippen molar-refractivity contribution in [3.63, 3.8) is 0 Å². The maximum atomic E-state index is 15.8. The number of hydrogen-bond donors (Lipinski definition) is 1. The van der Waals surface area contributed by atoms with Gasteiger partial charge in [0.2, 0.25) is 18.1 Å². The molecule has 2 saturated heterocycles. The van der Waals surface area contributed by atoms with Gasteiger partial charge in [-0.25, -0.2) is 14.4 Å². The lowest BCUT2D eigenvalue weighted by molar-refractivity contribution is -0.138. The topological polar surface area (TPSA) is 89.0 Å². The molecular weight excluding hydrogens is 582 g/mol. The molecule has 0 aliphatic carbocycles. The minimum Gasteiger partial charge on any atom is -0.481 e. The Labute approximate surface area is 253 Å². The van der Waals surface area contributed by atoms with E-state index in [-0.39, 0.29) is 29.2 Å². The number of aromatic nitrogens is 2. The van der Waals surface area contributed by atoms with Crippen LogP contribution in [0.2, 0.25) is 0 Å². The number of pyridine rings is 2. The first kappa shape index (κ1) is 31.5. The number of alkyl halides is 3. The second-order valence-electron chi connectivity index (χ2n) is 11.1. The molecule has 1 N–H and O–H groups in total. The van der Waals surface area contributed by atoms with Crippen molar-refractivity contribution < 1.29 is 36.6 Å². The van der Waals surface area contributed by atoms with Gasteiger partial charge in [0.1, 0.15) is 5.82 Å². The molecule has 236 valence electrons. The van der Waals surface area contributed by atoms with E-state index in [1.165, 1.54) is 25.4 Å². The molecule has 2 aliphatic heterocycles. The van der Waals surface area contributed by atoms with E-state index in [1.807, 2.05) is 25.8 Å². The van der Waals surface area contributed by atoms with E-state index in [0.29, 0.717) is 42.9 Å². The van der Waals surface area contributed by atoms with Crippen LogP contribution in [0.25, 0.3) is 11.1 Å². The first-order valence-electron chi connectivity index (χ1n) is 14.4. The van der Waals surface area contributed by atoms with Crippen LogP contribution in [0.5, 0.6) is 11.8 Å². The van der Waals surface area contributed by atoms with Gasteiger partial charge in [-0.1, -0.05) is 0 Å². The summed E-state index contributed by atoms with van der Waals surface area (Å²) in [6.45, 7) is 5.68. The van der Waals surface area contributed by atoms with Gasteiger partial charge >= 0.3 is 6.18 Å². The van der Waals surface area contributed by atoms with Gasteiger partial charge in [0, 0.05) is 67.2 Å². The van der Waals surface area contributed by atoms with E-state index in [1.54, 1.807) is 12.1 Å². The predicted octanol–water partition coefficient (Wildman–Crippen LogP) is 6.00. The molecule has 4 heterocycles. The molecular formula is C31H35F4N5O4. The Kier molecular flexibility index (Phi) is 9.26. The number of halogens is 4. The summed E-state index contributed by atoms with van der Waals surface area (Å²) in [6.07, 6.45) is -0.291. The summed E-state index contributed by atoms with van der Waals surface area (Å²) in [7, 11) is 3.18. The van der Waals surface area contributed by atoms with E-state index < -0.39 is 35.3 Å². The zero-order valence-electron chi connectivity index (χ0n) is 24.9. The van der Waals surface area contributed by atoms with Crippen molar-refractivity contribution >= 4 is 17.3 Å². The predicted molar refractivity (Wildman–Crippen MR) is 156 cm³/mol. The van der Waals surface area contributed by atoms with Crippen LogP contribution in [0, 0.1) is 5.82 Å². The summed E-state index contributed by atoms with van der Waals surface area (Å²) < 4.78 is 73.8. The molecule has 9 nitrogen and oxygen atoms in total. The van der Waals surface area contributed by atoms with E-state index in [2.05, 4.69) is 20.2 Å². The van der Waals surface area contributed by atoms with Crippen LogP contribution in [0.3, 0.4) is 0 Å². The van der Waals surface area contributed by atoms with E-state index in [4.69, 9.17) is 14.2 Å². The van der Waals surface area contributed by atoms with Gasteiger partial charge in [0.25, 0.3) is 5.91 Å². The van der Waals surface area contributed by atoms with Crippen molar-refractivity contribution in [2.24, 2.45) is 0 Å². The number of anilines is 2. The van der Waals surface area contributed by atoms with Crippen molar-refractivity contribution in [1.29, 1.82) is 0 Å². The Balaban J connectivity index is 1.51. The number of carbonyl (C=O) groups excluding carboxylic acids is 1. The molecule has 2 aromatic heterocycles. The van der Waals surface area contributed by atoms with Crippen molar-refractivity contribution in [3.8, 4) is 22.9 Å². The Hall–Kier alpha value is -3.97.